The second-order valence-electron chi connectivity index (χ2n) is 8.44. The molecule has 2 aliphatic heterocycles. The smallest absolute Gasteiger partial charge is 0.370 e. The molecule has 1 saturated heterocycles. The SMILES string of the molecule is CC1(C)CO[C@@H](c2ccc3c(c2)CNC3=O)CN1Cc1cc(F)cc(C(F)(F)F)c1. The van der Waals surface area contributed by atoms with Gasteiger partial charge in [0.05, 0.1) is 18.3 Å². The Morgan fingerprint density at radius 1 is 1.20 bits per heavy atom. The van der Waals surface area contributed by atoms with Crippen molar-refractivity contribution in [3.05, 3.63) is 70.0 Å². The third-order valence-corrected chi connectivity index (χ3v) is 5.72. The molecule has 8 heteroatoms. The summed E-state index contributed by atoms with van der Waals surface area (Å²) in [6.45, 7) is 5.32. The molecular weight excluding hydrogens is 400 g/mol. The minimum absolute atomic E-state index is 0.101. The zero-order valence-electron chi connectivity index (χ0n) is 16.6. The lowest BCUT2D eigenvalue weighted by atomic mass is 9.95. The van der Waals surface area contributed by atoms with Crippen LogP contribution in [0.15, 0.2) is 36.4 Å². The average molecular weight is 422 g/mol. The molecule has 1 N–H and O–H groups in total. The first-order chi connectivity index (χ1) is 14.0. The largest absolute Gasteiger partial charge is 0.416 e. The number of hydrogen-bond acceptors (Lipinski definition) is 3. The van der Waals surface area contributed by atoms with Gasteiger partial charge in [0.2, 0.25) is 0 Å². The maximum atomic E-state index is 13.8. The van der Waals surface area contributed by atoms with Crippen molar-refractivity contribution in [1.82, 2.24) is 10.2 Å². The number of rotatable bonds is 3. The first-order valence-electron chi connectivity index (χ1n) is 9.67. The molecular formula is C22H22F4N2O2. The van der Waals surface area contributed by atoms with Gasteiger partial charge in [-0.25, -0.2) is 4.39 Å². The lowest BCUT2D eigenvalue weighted by Crippen LogP contribution is -2.53. The van der Waals surface area contributed by atoms with Gasteiger partial charge in [0.1, 0.15) is 5.82 Å². The van der Waals surface area contributed by atoms with E-state index in [9.17, 15) is 22.4 Å². The predicted octanol–water partition coefficient (Wildman–Crippen LogP) is 4.44. The van der Waals surface area contributed by atoms with E-state index in [-0.39, 0.29) is 24.1 Å². The van der Waals surface area contributed by atoms with E-state index in [2.05, 4.69) is 5.32 Å². The Morgan fingerprint density at radius 3 is 2.70 bits per heavy atom. The van der Waals surface area contributed by atoms with Crippen molar-refractivity contribution < 1.29 is 27.1 Å². The standard InChI is InChI=1S/C22H22F4N2O2/c1-21(2)12-30-19(14-3-4-18-15(7-14)9-27-20(18)29)11-28(21)10-13-5-16(22(24,25)26)8-17(23)6-13/h3-8,19H,9-12H2,1-2H3,(H,27,29)/t19-/m1/s1. The molecule has 2 aromatic rings. The van der Waals surface area contributed by atoms with E-state index in [1.54, 1.807) is 6.07 Å². The van der Waals surface area contributed by atoms with Crippen LogP contribution in [-0.2, 0) is 24.0 Å². The van der Waals surface area contributed by atoms with Crippen molar-refractivity contribution >= 4 is 5.91 Å². The summed E-state index contributed by atoms with van der Waals surface area (Å²) in [7, 11) is 0. The van der Waals surface area contributed by atoms with Crippen molar-refractivity contribution in [2.75, 3.05) is 13.2 Å². The van der Waals surface area contributed by atoms with E-state index in [1.165, 1.54) is 0 Å². The number of carbonyl (C=O) groups excluding carboxylic acids is 1. The van der Waals surface area contributed by atoms with E-state index < -0.39 is 23.1 Å². The van der Waals surface area contributed by atoms with E-state index in [0.717, 1.165) is 23.3 Å². The van der Waals surface area contributed by atoms with Gasteiger partial charge in [-0.15, -0.1) is 0 Å². The molecule has 0 spiro atoms. The number of ether oxygens (including phenoxy) is 1. The van der Waals surface area contributed by atoms with Crippen molar-refractivity contribution in [1.29, 1.82) is 0 Å². The van der Waals surface area contributed by atoms with Gasteiger partial charge in [-0.1, -0.05) is 12.1 Å². The fourth-order valence-electron chi connectivity index (χ4n) is 3.95. The summed E-state index contributed by atoms with van der Waals surface area (Å²) in [4.78, 5) is 13.8. The van der Waals surface area contributed by atoms with Gasteiger partial charge in [0.25, 0.3) is 5.91 Å². The van der Waals surface area contributed by atoms with Crippen LogP contribution in [0.3, 0.4) is 0 Å². The maximum Gasteiger partial charge on any atom is 0.416 e. The highest BCUT2D eigenvalue weighted by atomic mass is 19.4. The van der Waals surface area contributed by atoms with Gasteiger partial charge >= 0.3 is 6.18 Å². The maximum absolute atomic E-state index is 13.8. The molecule has 4 nitrogen and oxygen atoms in total. The lowest BCUT2D eigenvalue weighted by molar-refractivity contribution is -0.138. The predicted molar refractivity (Wildman–Crippen MR) is 102 cm³/mol. The monoisotopic (exact) mass is 422 g/mol. The van der Waals surface area contributed by atoms with Gasteiger partial charge in [-0.3, -0.25) is 9.69 Å². The van der Waals surface area contributed by atoms with Crippen molar-refractivity contribution in [3.8, 4) is 0 Å². The van der Waals surface area contributed by atoms with Crippen LogP contribution < -0.4 is 5.32 Å². The number of hydrogen-bond donors (Lipinski definition) is 1. The summed E-state index contributed by atoms with van der Waals surface area (Å²) in [5.41, 5.74) is 1.29. The fourth-order valence-corrected chi connectivity index (χ4v) is 3.95. The molecule has 2 aromatic carbocycles. The number of halogens is 4. The number of carbonyl (C=O) groups is 1. The number of benzene rings is 2. The van der Waals surface area contributed by atoms with E-state index in [0.29, 0.717) is 31.3 Å². The van der Waals surface area contributed by atoms with E-state index in [1.807, 2.05) is 30.9 Å². The zero-order valence-corrected chi connectivity index (χ0v) is 16.6. The minimum atomic E-state index is -4.60. The van der Waals surface area contributed by atoms with Crippen LogP contribution in [0.5, 0.6) is 0 Å². The first kappa shape index (κ1) is 20.8. The summed E-state index contributed by atoms with van der Waals surface area (Å²) in [6.07, 6.45) is -4.90. The highest BCUT2D eigenvalue weighted by Gasteiger charge is 2.37. The molecule has 160 valence electrons. The molecule has 1 atom stereocenters. The van der Waals surface area contributed by atoms with Crippen LogP contribution in [0, 0.1) is 5.82 Å². The Bertz CT molecular complexity index is 988. The van der Waals surface area contributed by atoms with Gasteiger partial charge < -0.3 is 10.1 Å². The average Bonchev–Trinajstić information content (AvgIpc) is 3.03. The molecule has 4 rings (SSSR count). The van der Waals surface area contributed by atoms with Crippen LogP contribution in [-0.4, -0.2) is 29.5 Å². The van der Waals surface area contributed by atoms with Crippen LogP contribution in [0.25, 0.3) is 0 Å². The Hall–Kier alpha value is -2.45. The molecule has 1 fully saturated rings. The summed E-state index contributed by atoms with van der Waals surface area (Å²) < 4.78 is 59.1. The van der Waals surface area contributed by atoms with Gasteiger partial charge in [-0.2, -0.15) is 13.2 Å². The van der Waals surface area contributed by atoms with Crippen LogP contribution in [0.1, 0.15) is 52.6 Å². The quantitative estimate of drug-likeness (QED) is 0.744. The van der Waals surface area contributed by atoms with Crippen molar-refractivity contribution in [2.24, 2.45) is 0 Å². The Balaban J connectivity index is 1.57. The molecule has 0 aromatic heterocycles. The van der Waals surface area contributed by atoms with E-state index >= 15 is 0 Å². The summed E-state index contributed by atoms with van der Waals surface area (Å²) in [5.74, 6) is -1.01. The normalized spacial score (nSPS) is 21.4. The molecule has 0 saturated carbocycles. The fraction of sp³-hybridized carbons (Fsp3) is 0.409. The highest BCUT2D eigenvalue weighted by molar-refractivity contribution is 5.98. The Labute approximate surface area is 171 Å². The summed E-state index contributed by atoms with van der Waals surface area (Å²) >= 11 is 0. The number of fused-ring (bicyclic) bond motifs is 1. The lowest BCUT2D eigenvalue weighted by Gasteiger charge is -2.45. The number of amides is 1. The van der Waals surface area contributed by atoms with Gasteiger partial charge in [-0.05, 0) is 54.8 Å². The molecule has 0 unspecified atom stereocenters. The first-order valence-corrected chi connectivity index (χ1v) is 9.67. The zero-order chi connectivity index (χ0) is 21.7. The van der Waals surface area contributed by atoms with Crippen LogP contribution in [0.4, 0.5) is 17.6 Å². The Morgan fingerprint density at radius 2 is 1.97 bits per heavy atom. The minimum Gasteiger partial charge on any atom is -0.370 e. The van der Waals surface area contributed by atoms with Crippen molar-refractivity contribution in [2.45, 2.75) is 44.8 Å². The molecule has 2 heterocycles. The third-order valence-electron chi connectivity index (χ3n) is 5.72. The molecule has 0 aliphatic carbocycles. The van der Waals surface area contributed by atoms with Crippen LogP contribution >= 0.6 is 0 Å². The number of nitrogens with one attached hydrogen (secondary N) is 1. The van der Waals surface area contributed by atoms with E-state index in [4.69, 9.17) is 4.74 Å². The topological polar surface area (TPSA) is 41.6 Å². The summed E-state index contributed by atoms with van der Waals surface area (Å²) in [6, 6.07) is 8.19. The number of alkyl halides is 3. The summed E-state index contributed by atoms with van der Waals surface area (Å²) in [5, 5.41) is 2.77. The number of morpholine rings is 1. The molecule has 2 aliphatic rings. The molecule has 0 bridgehead atoms. The van der Waals surface area contributed by atoms with Gasteiger partial charge in [0, 0.05) is 30.7 Å². The number of nitrogens with zero attached hydrogens (tertiary/aromatic N) is 1. The molecule has 1 amide bonds. The highest BCUT2D eigenvalue weighted by Crippen LogP contribution is 2.35. The second kappa shape index (κ2) is 7.35. The van der Waals surface area contributed by atoms with Crippen molar-refractivity contribution in [3.63, 3.8) is 0 Å². The molecule has 30 heavy (non-hydrogen) atoms. The Kier molecular flexibility index (Phi) is 5.10. The van der Waals surface area contributed by atoms with Crippen LogP contribution in [0.2, 0.25) is 0 Å². The second-order valence-corrected chi connectivity index (χ2v) is 8.44. The molecule has 0 radical (unpaired) electrons. The third kappa shape index (κ3) is 4.06. The van der Waals surface area contributed by atoms with Gasteiger partial charge in [0.15, 0.2) is 0 Å².